The quantitative estimate of drug-likeness (QED) is 0.230. The minimum atomic E-state index is -1.67. The van der Waals surface area contributed by atoms with Crippen LogP contribution in [0, 0.1) is 0 Å². The van der Waals surface area contributed by atoms with Crippen molar-refractivity contribution in [3.63, 3.8) is 0 Å². The monoisotopic (exact) mass is 324 g/mol. The molecule has 0 amide bonds. The first-order chi connectivity index (χ1) is 10.5. The van der Waals surface area contributed by atoms with Crippen LogP contribution < -0.4 is 0 Å². The predicted octanol–water partition coefficient (Wildman–Crippen LogP) is -0.840. The first-order valence-corrected chi connectivity index (χ1v) is 8.05. The molecule has 0 aliphatic heterocycles. The molecule has 134 valence electrons. The molecule has 0 aromatic rings. The zero-order valence-electron chi connectivity index (χ0n) is 13.3. The SMILES string of the molecule is CCCCCCCCOC([C@@H](O)C(O)[C@@H](O)CO)[C@@H](O)CO. The van der Waals surface area contributed by atoms with Gasteiger partial charge in [-0.3, -0.25) is 0 Å². The fraction of sp³-hybridized carbons (Fsp3) is 1.00. The Morgan fingerprint density at radius 2 is 1.27 bits per heavy atom. The van der Waals surface area contributed by atoms with Crippen LogP contribution >= 0.6 is 0 Å². The van der Waals surface area contributed by atoms with Crippen LogP contribution in [0.1, 0.15) is 45.4 Å². The zero-order chi connectivity index (χ0) is 17.0. The summed E-state index contributed by atoms with van der Waals surface area (Å²) in [5, 5.41) is 56.4. The van der Waals surface area contributed by atoms with Gasteiger partial charge in [0.15, 0.2) is 0 Å². The van der Waals surface area contributed by atoms with Crippen molar-refractivity contribution < 1.29 is 35.4 Å². The summed E-state index contributed by atoms with van der Waals surface area (Å²) in [6.45, 7) is 1.04. The largest absolute Gasteiger partial charge is 0.394 e. The lowest BCUT2D eigenvalue weighted by molar-refractivity contribution is -0.165. The predicted molar refractivity (Wildman–Crippen MR) is 81.3 cm³/mol. The molecule has 5 atom stereocenters. The van der Waals surface area contributed by atoms with E-state index in [2.05, 4.69) is 6.92 Å². The summed E-state index contributed by atoms with van der Waals surface area (Å²) < 4.78 is 5.37. The standard InChI is InChI=1S/C15H32O7/c1-2-3-4-5-6-7-8-22-15(12(19)10-17)14(21)13(20)11(18)9-16/h11-21H,2-10H2,1H3/t11-,12-,13?,14-,15?/m0/s1. The molecule has 0 aromatic heterocycles. The lowest BCUT2D eigenvalue weighted by Gasteiger charge is -2.31. The fourth-order valence-corrected chi connectivity index (χ4v) is 2.17. The number of hydrogen-bond donors (Lipinski definition) is 6. The van der Waals surface area contributed by atoms with Gasteiger partial charge in [-0.2, -0.15) is 0 Å². The van der Waals surface area contributed by atoms with E-state index < -0.39 is 43.7 Å². The van der Waals surface area contributed by atoms with Crippen LogP contribution in [0.15, 0.2) is 0 Å². The lowest BCUT2D eigenvalue weighted by atomic mass is 9.99. The van der Waals surface area contributed by atoms with Gasteiger partial charge in [0, 0.05) is 6.61 Å². The molecule has 2 unspecified atom stereocenters. The number of ether oxygens (including phenoxy) is 1. The Kier molecular flexibility index (Phi) is 13.0. The normalized spacial score (nSPS) is 18.7. The van der Waals surface area contributed by atoms with Gasteiger partial charge >= 0.3 is 0 Å². The molecule has 0 heterocycles. The Morgan fingerprint density at radius 1 is 0.727 bits per heavy atom. The second-order valence-electron chi connectivity index (χ2n) is 5.58. The third-order valence-electron chi connectivity index (χ3n) is 3.64. The molecule has 0 fully saturated rings. The highest BCUT2D eigenvalue weighted by molar-refractivity contribution is 4.85. The molecule has 0 saturated carbocycles. The maximum Gasteiger partial charge on any atom is 0.114 e. The Bertz CT molecular complexity index is 252. The van der Waals surface area contributed by atoms with Crippen molar-refractivity contribution in [3.05, 3.63) is 0 Å². The van der Waals surface area contributed by atoms with E-state index in [4.69, 9.17) is 14.9 Å². The maximum absolute atomic E-state index is 9.94. The molecule has 7 heteroatoms. The van der Waals surface area contributed by atoms with E-state index in [1.807, 2.05) is 0 Å². The van der Waals surface area contributed by atoms with Crippen molar-refractivity contribution in [2.75, 3.05) is 19.8 Å². The molecule has 0 radical (unpaired) electrons. The Balaban J connectivity index is 4.23. The number of aliphatic hydroxyl groups is 6. The van der Waals surface area contributed by atoms with E-state index >= 15 is 0 Å². The van der Waals surface area contributed by atoms with E-state index in [-0.39, 0.29) is 6.61 Å². The van der Waals surface area contributed by atoms with E-state index in [9.17, 15) is 20.4 Å². The molecule has 0 saturated heterocycles. The molecule has 22 heavy (non-hydrogen) atoms. The molecule has 0 aliphatic rings. The average molecular weight is 324 g/mol. The third-order valence-corrected chi connectivity index (χ3v) is 3.64. The van der Waals surface area contributed by atoms with Gasteiger partial charge in [0.2, 0.25) is 0 Å². The van der Waals surface area contributed by atoms with Crippen LogP contribution in [-0.4, -0.2) is 81.0 Å². The Labute approximate surface area is 132 Å². The summed E-state index contributed by atoms with van der Waals surface area (Å²) in [6, 6.07) is 0. The summed E-state index contributed by atoms with van der Waals surface area (Å²) in [5.74, 6) is 0. The summed E-state index contributed by atoms with van der Waals surface area (Å²) in [4.78, 5) is 0. The van der Waals surface area contributed by atoms with Crippen molar-refractivity contribution in [2.45, 2.75) is 76.0 Å². The second kappa shape index (κ2) is 13.2. The van der Waals surface area contributed by atoms with Gasteiger partial charge < -0.3 is 35.4 Å². The third kappa shape index (κ3) is 8.38. The molecule has 0 aromatic carbocycles. The van der Waals surface area contributed by atoms with Gasteiger partial charge in [0.25, 0.3) is 0 Å². The average Bonchev–Trinajstić information content (AvgIpc) is 2.54. The van der Waals surface area contributed by atoms with Crippen molar-refractivity contribution in [3.8, 4) is 0 Å². The van der Waals surface area contributed by atoms with E-state index in [1.165, 1.54) is 12.8 Å². The van der Waals surface area contributed by atoms with Crippen molar-refractivity contribution in [1.29, 1.82) is 0 Å². The summed E-state index contributed by atoms with van der Waals surface area (Å²) in [7, 11) is 0. The first-order valence-electron chi connectivity index (χ1n) is 8.05. The minimum Gasteiger partial charge on any atom is -0.394 e. The number of rotatable bonds is 14. The maximum atomic E-state index is 9.94. The first kappa shape index (κ1) is 21.7. The summed E-state index contributed by atoms with van der Waals surface area (Å²) in [6.07, 6.45) is -1.13. The number of hydrogen-bond acceptors (Lipinski definition) is 7. The second-order valence-corrected chi connectivity index (χ2v) is 5.58. The number of unbranched alkanes of at least 4 members (excludes halogenated alkanes) is 5. The topological polar surface area (TPSA) is 131 Å². The van der Waals surface area contributed by atoms with Crippen molar-refractivity contribution in [1.82, 2.24) is 0 Å². The van der Waals surface area contributed by atoms with Crippen LogP contribution in [0.25, 0.3) is 0 Å². The van der Waals surface area contributed by atoms with Crippen LogP contribution in [0.3, 0.4) is 0 Å². The highest BCUT2D eigenvalue weighted by Crippen LogP contribution is 2.14. The molecular formula is C15H32O7. The number of aliphatic hydroxyl groups excluding tert-OH is 6. The Hall–Kier alpha value is -0.280. The molecule has 6 N–H and O–H groups in total. The molecule has 0 bridgehead atoms. The smallest absolute Gasteiger partial charge is 0.114 e. The van der Waals surface area contributed by atoms with Crippen molar-refractivity contribution >= 4 is 0 Å². The molecule has 0 spiro atoms. The van der Waals surface area contributed by atoms with Gasteiger partial charge in [-0.15, -0.1) is 0 Å². The van der Waals surface area contributed by atoms with E-state index in [1.54, 1.807) is 0 Å². The van der Waals surface area contributed by atoms with Gasteiger partial charge in [-0.05, 0) is 6.42 Å². The summed E-state index contributed by atoms with van der Waals surface area (Å²) in [5.41, 5.74) is 0. The zero-order valence-corrected chi connectivity index (χ0v) is 13.3. The molecular weight excluding hydrogens is 292 g/mol. The lowest BCUT2D eigenvalue weighted by Crippen LogP contribution is -2.52. The minimum absolute atomic E-state index is 0.271. The van der Waals surface area contributed by atoms with Crippen LogP contribution in [0.4, 0.5) is 0 Å². The van der Waals surface area contributed by atoms with Gasteiger partial charge in [-0.1, -0.05) is 39.0 Å². The molecule has 0 rings (SSSR count). The highest BCUT2D eigenvalue weighted by atomic mass is 16.5. The van der Waals surface area contributed by atoms with Crippen molar-refractivity contribution in [2.24, 2.45) is 0 Å². The van der Waals surface area contributed by atoms with E-state index in [0.717, 1.165) is 25.7 Å². The van der Waals surface area contributed by atoms with Gasteiger partial charge in [0.05, 0.1) is 13.2 Å². The fourth-order valence-electron chi connectivity index (χ4n) is 2.17. The van der Waals surface area contributed by atoms with Gasteiger partial charge in [-0.25, -0.2) is 0 Å². The molecule has 7 nitrogen and oxygen atoms in total. The summed E-state index contributed by atoms with van der Waals surface area (Å²) >= 11 is 0. The van der Waals surface area contributed by atoms with Gasteiger partial charge in [0.1, 0.15) is 30.5 Å². The van der Waals surface area contributed by atoms with E-state index in [0.29, 0.717) is 0 Å². The van der Waals surface area contributed by atoms with Crippen LogP contribution in [-0.2, 0) is 4.74 Å². The van der Waals surface area contributed by atoms with Crippen LogP contribution in [0.5, 0.6) is 0 Å². The molecule has 0 aliphatic carbocycles. The highest BCUT2D eigenvalue weighted by Gasteiger charge is 2.35. The van der Waals surface area contributed by atoms with Crippen LogP contribution in [0.2, 0.25) is 0 Å². The Morgan fingerprint density at radius 3 is 1.82 bits per heavy atom.